The molecule has 2 bridgehead atoms. The normalized spacial score (nSPS) is 31.9. The molecule has 5 rings (SSSR count). The van der Waals surface area contributed by atoms with Gasteiger partial charge < -0.3 is 28.5 Å². The highest BCUT2D eigenvalue weighted by Gasteiger charge is 2.80. The number of thioether (sulfide) groups is 1. The van der Waals surface area contributed by atoms with Crippen molar-refractivity contribution in [2.24, 2.45) is 0 Å². The van der Waals surface area contributed by atoms with Gasteiger partial charge in [0.05, 0.1) is 36.9 Å². The summed E-state index contributed by atoms with van der Waals surface area (Å²) in [5, 5.41) is 13.1. The largest absolute Gasteiger partial charge is 0.497 e. The van der Waals surface area contributed by atoms with Crippen LogP contribution in [0.25, 0.3) is 0 Å². The molecule has 0 spiro atoms. The fourth-order valence-corrected chi connectivity index (χ4v) is 8.59. The van der Waals surface area contributed by atoms with Crippen LogP contribution in [-0.4, -0.2) is 55.3 Å². The lowest BCUT2D eigenvalue weighted by Gasteiger charge is -2.53. The molecule has 2 fully saturated rings. The highest BCUT2D eigenvalue weighted by molar-refractivity contribution is 8.00. The monoisotopic (exact) mass is 582 g/mol. The van der Waals surface area contributed by atoms with E-state index in [0.717, 1.165) is 17.1 Å². The van der Waals surface area contributed by atoms with Gasteiger partial charge >= 0.3 is 0 Å². The quantitative estimate of drug-likeness (QED) is 0.250. The molecule has 0 amide bonds. The van der Waals surface area contributed by atoms with Crippen LogP contribution in [0.15, 0.2) is 83.7 Å². The van der Waals surface area contributed by atoms with E-state index in [4.69, 9.17) is 23.4 Å². The second-order valence-electron chi connectivity index (χ2n) is 12.5. The maximum atomic E-state index is 13.1. The number of methoxy groups -OCH3 is 1. The molecule has 0 saturated carbocycles. The first-order valence-electron chi connectivity index (χ1n) is 14.0. The molecular weight excluding hydrogens is 540 g/mol. The van der Waals surface area contributed by atoms with Crippen LogP contribution in [0.1, 0.15) is 40.5 Å². The van der Waals surface area contributed by atoms with Gasteiger partial charge in [-0.25, -0.2) is 0 Å². The highest BCUT2D eigenvalue weighted by atomic mass is 32.2. The number of hydrogen-bond donors (Lipinski definition) is 1. The summed E-state index contributed by atoms with van der Waals surface area (Å²) in [6, 6.07) is 17.6. The molecule has 3 aliphatic rings. The van der Waals surface area contributed by atoms with E-state index in [9.17, 15) is 5.11 Å². The van der Waals surface area contributed by atoms with Crippen LogP contribution >= 0.6 is 11.8 Å². The molecule has 8 heteroatoms. The Morgan fingerprint density at radius 1 is 1.05 bits per heavy atom. The first-order valence-corrected chi connectivity index (χ1v) is 17.7. The van der Waals surface area contributed by atoms with Gasteiger partial charge in [-0.2, -0.15) is 0 Å². The smallest absolute Gasteiger partial charge is 0.192 e. The zero-order valence-corrected chi connectivity index (χ0v) is 26.4. The van der Waals surface area contributed by atoms with E-state index < -0.39 is 24.3 Å². The van der Waals surface area contributed by atoms with Crippen molar-refractivity contribution in [2.75, 3.05) is 13.7 Å². The number of rotatable bonds is 9. The molecule has 3 aliphatic heterocycles. The Labute approximate surface area is 243 Å². The fourth-order valence-electron chi connectivity index (χ4n) is 5.79. The van der Waals surface area contributed by atoms with E-state index in [-0.39, 0.29) is 17.2 Å². The van der Waals surface area contributed by atoms with E-state index in [0.29, 0.717) is 24.5 Å². The molecule has 0 aromatic heterocycles. The summed E-state index contributed by atoms with van der Waals surface area (Å²) < 4.78 is 30.8. The van der Waals surface area contributed by atoms with Crippen molar-refractivity contribution in [1.29, 1.82) is 0 Å². The third kappa shape index (κ3) is 4.71. The fraction of sp³-hybridized carbons (Fsp3) is 0.500. The van der Waals surface area contributed by atoms with Gasteiger partial charge in [0.25, 0.3) is 0 Å². The minimum Gasteiger partial charge on any atom is -0.497 e. The second-order valence-corrected chi connectivity index (χ2v) is 18.8. The minimum absolute atomic E-state index is 0.0112. The van der Waals surface area contributed by atoms with Gasteiger partial charge in [0.15, 0.2) is 19.5 Å². The summed E-state index contributed by atoms with van der Waals surface area (Å²) in [5.74, 6) is 1.96. The van der Waals surface area contributed by atoms with Crippen molar-refractivity contribution in [3.63, 3.8) is 0 Å². The lowest BCUT2D eigenvalue weighted by atomic mass is 9.65. The van der Waals surface area contributed by atoms with Gasteiger partial charge in [0, 0.05) is 17.7 Å². The topological polar surface area (TPSA) is 66.4 Å². The van der Waals surface area contributed by atoms with E-state index in [1.54, 1.807) is 25.1 Å². The van der Waals surface area contributed by atoms with Crippen molar-refractivity contribution in [1.82, 2.24) is 0 Å². The Balaban J connectivity index is 1.59. The third-order valence-corrected chi connectivity index (χ3v) is 15.1. The molecule has 6 nitrogen and oxygen atoms in total. The highest BCUT2D eigenvalue weighted by Crippen LogP contribution is 2.66. The first-order chi connectivity index (χ1) is 18.9. The molecular formula is C32H42O6SSi. The van der Waals surface area contributed by atoms with Crippen molar-refractivity contribution < 1.29 is 28.5 Å². The Morgan fingerprint density at radius 3 is 2.33 bits per heavy atom. The summed E-state index contributed by atoms with van der Waals surface area (Å²) in [6.07, 6.45) is 6.24. The van der Waals surface area contributed by atoms with Crippen LogP contribution in [-0.2, 0) is 13.9 Å². The minimum atomic E-state index is -2.24. The Morgan fingerprint density at radius 2 is 1.73 bits per heavy atom. The van der Waals surface area contributed by atoms with Gasteiger partial charge in [-0.1, -0.05) is 39.0 Å². The molecule has 2 aromatic rings. The summed E-state index contributed by atoms with van der Waals surface area (Å²) >= 11 is 1.64. The average Bonchev–Trinajstić information content (AvgIpc) is 3.61. The molecule has 40 heavy (non-hydrogen) atoms. The van der Waals surface area contributed by atoms with E-state index in [2.05, 4.69) is 52.9 Å². The van der Waals surface area contributed by atoms with Crippen molar-refractivity contribution in [3.8, 4) is 11.5 Å². The van der Waals surface area contributed by atoms with E-state index in [1.165, 1.54) is 0 Å². The van der Waals surface area contributed by atoms with Gasteiger partial charge in [0.1, 0.15) is 17.3 Å². The lowest BCUT2D eigenvalue weighted by molar-refractivity contribution is -0.127. The predicted octanol–water partition coefficient (Wildman–Crippen LogP) is 7.11. The molecule has 3 heterocycles. The first kappa shape index (κ1) is 29.3. The second kappa shape index (κ2) is 10.6. The zero-order valence-electron chi connectivity index (χ0n) is 24.6. The van der Waals surface area contributed by atoms with Crippen molar-refractivity contribution in [2.45, 2.75) is 91.7 Å². The Hall–Kier alpha value is -2.23. The molecule has 216 valence electrons. The number of aliphatic hydroxyl groups is 1. The number of ether oxygens (including phenoxy) is 4. The van der Waals surface area contributed by atoms with Gasteiger partial charge in [-0.15, -0.1) is 11.8 Å². The van der Waals surface area contributed by atoms with Crippen LogP contribution in [0.4, 0.5) is 0 Å². The number of fused-ring (bicyclic) bond motifs is 2. The molecule has 1 N–H and O–H groups in total. The Kier molecular flexibility index (Phi) is 7.72. The third-order valence-electron chi connectivity index (χ3n) is 9.10. The molecule has 5 atom stereocenters. The number of benzene rings is 2. The van der Waals surface area contributed by atoms with Crippen LogP contribution in [0.3, 0.4) is 0 Å². The molecule has 2 aromatic carbocycles. The average molecular weight is 583 g/mol. The summed E-state index contributed by atoms with van der Waals surface area (Å²) in [4.78, 5) is 1.06. The maximum Gasteiger partial charge on any atom is 0.192 e. The lowest BCUT2D eigenvalue weighted by Crippen LogP contribution is -2.70. The molecule has 0 aliphatic carbocycles. The summed E-state index contributed by atoms with van der Waals surface area (Å²) in [7, 11) is -0.602. The predicted molar refractivity (Wildman–Crippen MR) is 161 cm³/mol. The van der Waals surface area contributed by atoms with Gasteiger partial charge in [0.2, 0.25) is 0 Å². The SMILES string of the molecule is COc1ccc(O/C=C/[C@@]23O[C@@H](C[C@@H]2O[Si](C)(C)C(C)(C)C)[C@](C)(Sc2ccccc2)[C@@]3(O)C2=CCCO2)cc1. The van der Waals surface area contributed by atoms with Crippen LogP contribution < -0.4 is 9.47 Å². The van der Waals surface area contributed by atoms with Crippen LogP contribution in [0.2, 0.25) is 18.1 Å². The number of hydrogen-bond acceptors (Lipinski definition) is 7. The standard InChI is InChI=1S/C32H42O6SSi/c1-29(2,3)40(6,7)38-28-22-27-30(4,39-25-12-9-8-10-13-25)32(33,26-14-11-20-36-26)31(28,37-27)19-21-35-24-17-15-23(34-5)16-18-24/h8-10,12-19,21,27-28,33H,11,20,22H2,1-7H3/b21-19+/t27-,28-,30-,31+,32-/m0/s1. The summed E-state index contributed by atoms with van der Waals surface area (Å²) in [5.41, 5.74) is -2.72. The van der Waals surface area contributed by atoms with Gasteiger partial charge in [-0.3, -0.25) is 0 Å². The Bertz CT molecular complexity index is 1260. The molecule has 2 saturated heterocycles. The van der Waals surface area contributed by atoms with Crippen molar-refractivity contribution >= 4 is 20.1 Å². The maximum absolute atomic E-state index is 13.1. The van der Waals surface area contributed by atoms with E-state index >= 15 is 0 Å². The van der Waals surface area contributed by atoms with Crippen LogP contribution in [0, 0.1) is 0 Å². The molecule has 0 radical (unpaired) electrons. The van der Waals surface area contributed by atoms with Crippen molar-refractivity contribution in [3.05, 3.63) is 78.8 Å². The summed E-state index contributed by atoms with van der Waals surface area (Å²) in [6.45, 7) is 13.8. The van der Waals surface area contributed by atoms with Gasteiger partial charge in [-0.05, 0) is 73.6 Å². The molecule has 0 unspecified atom stereocenters. The zero-order chi connectivity index (χ0) is 28.8. The van der Waals surface area contributed by atoms with Crippen LogP contribution in [0.5, 0.6) is 11.5 Å². The van der Waals surface area contributed by atoms with E-state index in [1.807, 2.05) is 54.6 Å².